The largest absolute Gasteiger partial charge is 0.346 e. The number of rotatable bonds is 8. The van der Waals surface area contributed by atoms with Crippen LogP contribution in [0.15, 0.2) is 58.3 Å². The number of hydrogen-bond donors (Lipinski definition) is 1. The van der Waals surface area contributed by atoms with Crippen LogP contribution in [-0.4, -0.2) is 58.5 Å². The van der Waals surface area contributed by atoms with E-state index in [1.165, 1.54) is 61.8 Å². The number of nitrogens with one attached hydrogen (secondary N) is 1. The van der Waals surface area contributed by atoms with Crippen molar-refractivity contribution in [3.05, 3.63) is 59.7 Å². The van der Waals surface area contributed by atoms with E-state index in [0.29, 0.717) is 5.56 Å². The molecule has 1 unspecified atom stereocenters. The molecule has 10 heteroatoms. The maximum absolute atomic E-state index is 12.6. The van der Waals surface area contributed by atoms with Crippen LogP contribution in [0.4, 0.5) is 0 Å². The van der Waals surface area contributed by atoms with E-state index in [4.69, 9.17) is 0 Å². The number of benzene rings is 2. The summed E-state index contributed by atoms with van der Waals surface area (Å²) in [5.74, 6) is -0.362. The smallest absolute Gasteiger partial charge is 0.251 e. The van der Waals surface area contributed by atoms with Gasteiger partial charge in [-0.3, -0.25) is 4.79 Å². The Labute approximate surface area is 185 Å². The van der Waals surface area contributed by atoms with Gasteiger partial charge in [-0.2, -0.15) is 4.31 Å². The molecule has 31 heavy (non-hydrogen) atoms. The maximum atomic E-state index is 12.6. The third-order valence-corrected chi connectivity index (χ3v) is 8.90. The van der Waals surface area contributed by atoms with Gasteiger partial charge in [-0.05, 0) is 62.7 Å². The summed E-state index contributed by atoms with van der Waals surface area (Å²) in [6, 6.07) is 11.5. The summed E-state index contributed by atoms with van der Waals surface area (Å²) in [5.41, 5.74) is 1.06. The summed E-state index contributed by atoms with van der Waals surface area (Å²) in [6.07, 6.45) is 0. The monoisotopic (exact) mass is 467 g/mol. The van der Waals surface area contributed by atoms with Gasteiger partial charge in [0.15, 0.2) is 0 Å². The van der Waals surface area contributed by atoms with Crippen LogP contribution in [0.25, 0.3) is 0 Å². The molecule has 1 atom stereocenters. The quantitative estimate of drug-likeness (QED) is 0.642. The van der Waals surface area contributed by atoms with Crippen molar-refractivity contribution < 1.29 is 21.6 Å². The standard InChI is InChI=1S/C21H29N3O5S2/c1-15(2)24(6)31(28,29)20-13-9-18(10-14-20)21(25)22-16(3)17-7-11-19(12-8-17)30(26,27)23(4)5/h7-16H,1-6H3,(H,22,25). The Balaban J connectivity index is 2.13. The first kappa shape index (κ1) is 25.0. The maximum Gasteiger partial charge on any atom is 0.251 e. The molecule has 0 radical (unpaired) electrons. The molecule has 0 aliphatic heterocycles. The van der Waals surface area contributed by atoms with E-state index in [1.54, 1.807) is 32.9 Å². The van der Waals surface area contributed by atoms with E-state index in [2.05, 4.69) is 5.32 Å². The lowest BCUT2D eigenvalue weighted by molar-refractivity contribution is 0.0939. The zero-order valence-corrected chi connectivity index (χ0v) is 20.2. The van der Waals surface area contributed by atoms with Crippen molar-refractivity contribution in [2.75, 3.05) is 21.1 Å². The molecule has 0 heterocycles. The molecule has 1 amide bonds. The topological polar surface area (TPSA) is 104 Å². The van der Waals surface area contributed by atoms with Gasteiger partial charge >= 0.3 is 0 Å². The second-order valence-electron chi connectivity index (χ2n) is 7.69. The minimum absolute atomic E-state index is 0.117. The molecule has 0 aliphatic rings. The molecule has 2 aromatic carbocycles. The summed E-state index contributed by atoms with van der Waals surface area (Å²) in [4.78, 5) is 12.9. The molecule has 0 fully saturated rings. The molecule has 170 valence electrons. The zero-order valence-electron chi connectivity index (χ0n) is 18.5. The summed E-state index contributed by atoms with van der Waals surface area (Å²) in [5, 5.41) is 2.83. The first-order chi connectivity index (χ1) is 14.3. The first-order valence-electron chi connectivity index (χ1n) is 9.70. The lowest BCUT2D eigenvalue weighted by Crippen LogP contribution is -2.33. The number of carbonyl (C=O) groups excluding carboxylic acids is 1. The minimum atomic E-state index is -3.62. The molecule has 2 rings (SSSR count). The van der Waals surface area contributed by atoms with E-state index in [9.17, 15) is 21.6 Å². The predicted octanol–water partition coefficient (Wildman–Crippen LogP) is 2.46. The first-order valence-corrected chi connectivity index (χ1v) is 12.6. The van der Waals surface area contributed by atoms with Gasteiger partial charge in [-0.25, -0.2) is 21.1 Å². The molecule has 2 aromatic rings. The van der Waals surface area contributed by atoms with Gasteiger partial charge < -0.3 is 5.32 Å². The van der Waals surface area contributed by atoms with E-state index < -0.39 is 20.0 Å². The van der Waals surface area contributed by atoms with E-state index in [-0.39, 0.29) is 27.8 Å². The van der Waals surface area contributed by atoms with Crippen molar-refractivity contribution in [3.63, 3.8) is 0 Å². The number of nitrogens with zero attached hydrogens (tertiary/aromatic N) is 2. The van der Waals surface area contributed by atoms with E-state index in [1.807, 2.05) is 0 Å². The van der Waals surface area contributed by atoms with Gasteiger partial charge in [-0.1, -0.05) is 12.1 Å². The molecule has 0 spiro atoms. The fourth-order valence-corrected chi connectivity index (χ4v) is 4.99. The molecule has 8 nitrogen and oxygen atoms in total. The molecule has 0 bridgehead atoms. The Morgan fingerprint density at radius 1 is 0.774 bits per heavy atom. The van der Waals surface area contributed by atoms with Crippen LogP contribution in [-0.2, 0) is 20.0 Å². The fraction of sp³-hybridized carbons (Fsp3) is 0.381. The average Bonchev–Trinajstić information content (AvgIpc) is 2.72. The highest BCUT2D eigenvalue weighted by Crippen LogP contribution is 2.20. The molecule has 0 aromatic heterocycles. The summed E-state index contributed by atoms with van der Waals surface area (Å²) >= 11 is 0. The molecule has 1 N–H and O–H groups in total. The Morgan fingerprint density at radius 2 is 1.23 bits per heavy atom. The third-order valence-electron chi connectivity index (χ3n) is 5.03. The highest BCUT2D eigenvalue weighted by molar-refractivity contribution is 7.89. The third kappa shape index (κ3) is 5.51. The van der Waals surface area contributed by atoms with Crippen molar-refractivity contribution in [2.24, 2.45) is 0 Å². The number of sulfonamides is 2. The Bertz CT molecular complexity index is 1120. The normalized spacial score (nSPS) is 13.6. The second kappa shape index (κ2) is 9.47. The van der Waals surface area contributed by atoms with Crippen LogP contribution in [0, 0.1) is 0 Å². The highest BCUT2D eigenvalue weighted by atomic mass is 32.2. The molecule has 0 saturated carbocycles. The zero-order chi connectivity index (χ0) is 23.6. The van der Waals surface area contributed by atoms with Gasteiger partial charge in [-0.15, -0.1) is 0 Å². The lowest BCUT2D eigenvalue weighted by Gasteiger charge is -2.21. The summed E-state index contributed by atoms with van der Waals surface area (Å²) in [6.45, 7) is 5.34. The van der Waals surface area contributed by atoms with Gasteiger partial charge in [0.25, 0.3) is 5.91 Å². The van der Waals surface area contributed by atoms with E-state index >= 15 is 0 Å². The van der Waals surface area contributed by atoms with Gasteiger partial charge in [0.2, 0.25) is 20.0 Å². The van der Waals surface area contributed by atoms with E-state index in [0.717, 1.165) is 9.87 Å². The summed E-state index contributed by atoms with van der Waals surface area (Å²) < 4.78 is 51.8. The summed E-state index contributed by atoms with van der Waals surface area (Å²) in [7, 11) is -2.71. The van der Waals surface area contributed by atoms with Gasteiger partial charge in [0, 0.05) is 32.7 Å². The number of amides is 1. The van der Waals surface area contributed by atoms with Crippen molar-refractivity contribution in [3.8, 4) is 0 Å². The number of hydrogen-bond acceptors (Lipinski definition) is 5. The van der Waals surface area contributed by atoms with Crippen LogP contribution in [0.1, 0.15) is 42.7 Å². The second-order valence-corrected chi connectivity index (χ2v) is 11.8. The van der Waals surface area contributed by atoms with Crippen LogP contribution in [0.3, 0.4) is 0 Å². The Kier molecular flexibility index (Phi) is 7.64. The Morgan fingerprint density at radius 3 is 1.68 bits per heavy atom. The van der Waals surface area contributed by atoms with Crippen molar-refractivity contribution in [2.45, 2.75) is 42.6 Å². The minimum Gasteiger partial charge on any atom is -0.346 e. The number of carbonyl (C=O) groups is 1. The fourth-order valence-electron chi connectivity index (χ4n) is 2.72. The van der Waals surface area contributed by atoms with Gasteiger partial charge in [0.1, 0.15) is 0 Å². The molecule has 0 saturated heterocycles. The van der Waals surface area contributed by atoms with Gasteiger partial charge in [0.05, 0.1) is 15.8 Å². The average molecular weight is 468 g/mol. The van der Waals surface area contributed by atoms with Crippen molar-refractivity contribution >= 4 is 26.0 Å². The lowest BCUT2D eigenvalue weighted by atomic mass is 10.1. The highest BCUT2D eigenvalue weighted by Gasteiger charge is 2.23. The van der Waals surface area contributed by atoms with Crippen molar-refractivity contribution in [1.29, 1.82) is 0 Å². The molecule has 0 aliphatic carbocycles. The Hall–Kier alpha value is -2.27. The van der Waals surface area contributed by atoms with Crippen LogP contribution < -0.4 is 5.32 Å². The van der Waals surface area contributed by atoms with Crippen LogP contribution in [0.5, 0.6) is 0 Å². The van der Waals surface area contributed by atoms with Crippen LogP contribution in [0.2, 0.25) is 0 Å². The molecular weight excluding hydrogens is 438 g/mol. The predicted molar refractivity (Wildman–Crippen MR) is 120 cm³/mol. The van der Waals surface area contributed by atoms with Crippen LogP contribution >= 0.6 is 0 Å². The van der Waals surface area contributed by atoms with Crippen molar-refractivity contribution in [1.82, 2.24) is 13.9 Å². The SMILES string of the molecule is CC(NC(=O)c1ccc(S(=O)(=O)N(C)C(C)C)cc1)c1ccc(S(=O)(=O)N(C)C)cc1. The molecular formula is C21H29N3O5S2.